The van der Waals surface area contributed by atoms with Crippen LogP contribution in [0.5, 0.6) is 0 Å². The maximum Gasteiger partial charge on any atom is 0.272 e. The molecule has 0 unspecified atom stereocenters. The van der Waals surface area contributed by atoms with Crippen molar-refractivity contribution >= 4 is 16.5 Å². The van der Waals surface area contributed by atoms with Crippen molar-refractivity contribution in [1.82, 2.24) is 25.4 Å². The number of fused-ring (bicyclic) bond motifs is 1. The third-order valence-corrected chi connectivity index (χ3v) is 2.94. The zero-order valence-electron chi connectivity index (χ0n) is 10.6. The number of halogens is 1. The van der Waals surface area contributed by atoms with Crippen LogP contribution in [0.3, 0.4) is 0 Å². The monoisotopic (exact) mass is 274 g/mol. The van der Waals surface area contributed by atoms with Crippen molar-refractivity contribution in [3.8, 4) is 0 Å². The highest BCUT2D eigenvalue weighted by Gasteiger charge is 2.13. The summed E-state index contributed by atoms with van der Waals surface area (Å²) in [4.78, 5) is 15.9. The molecule has 0 aliphatic heterocycles. The predicted octanol–water partition coefficient (Wildman–Crippen LogP) is 0.662. The van der Waals surface area contributed by atoms with E-state index in [0.717, 1.165) is 6.07 Å². The standard InChI is InChI=1S/C12H11FN6O/c1-5-15-10(18-16-5)4-9-11-7(12(20)19-17-9)2-6(13)3-8(11)14/h2-3H,4,14H2,1H3,(H,19,20)(H,15,16,18). The number of anilines is 1. The number of nitrogens with zero attached hydrogens (tertiary/aromatic N) is 3. The molecule has 1 aromatic carbocycles. The van der Waals surface area contributed by atoms with E-state index in [-0.39, 0.29) is 11.1 Å². The molecule has 20 heavy (non-hydrogen) atoms. The van der Waals surface area contributed by atoms with Gasteiger partial charge in [0.25, 0.3) is 5.56 Å². The fourth-order valence-electron chi connectivity index (χ4n) is 2.12. The van der Waals surface area contributed by atoms with E-state index in [1.165, 1.54) is 6.07 Å². The molecule has 0 fully saturated rings. The molecule has 7 nitrogen and oxygen atoms in total. The second-order valence-corrected chi connectivity index (χ2v) is 4.42. The van der Waals surface area contributed by atoms with Crippen molar-refractivity contribution in [2.45, 2.75) is 13.3 Å². The minimum Gasteiger partial charge on any atom is -0.398 e. The number of hydrogen-bond donors (Lipinski definition) is 3. The van der Waals surface area contributed by atoms with Gasteiger partial charge in [0.2, 0.25) is 0 Å². The van der Waals surface area contributed by atoms with Crippen LogP contribution < -0.4 is 11.3 Å². The highest BCUT2D eigenvalue weighted by atomic mass is 19.1. The van der Waals surface area contributed by atoms with Gasteiger partial charge in [0.05, 0.1) is 17.5 Å². The van der Waals surface area contributed by atoms with Crippen LogP contribution in [0.2, 0.25) is 0 Å². The summed E-state index contributed by atoms with van der Waals surface area (Å²) in [5, 5.41) is 13.6. The Morgan fingerprint density at radius 3 is 2.80 bits per heavy atom. The minimum atomic E-state index is -0.562. The van der Waals surface area contributed by atoms with Crippen molar-refractivity contribution in [3.05, 3.63) is 45.6 Å². The van der Waals surface area contributed by atoms with Gasteiger partial charge < -0.3 is 5.73 Å². The molecule has 0 bridgehead atoms. The average Bonchev–Trinajstić information content (AvgIpc) is 2.78. The van der Waals surface area contributed by atoms with Crippen LogP contribution >= 0.6 is 0 Å². The van der Waals surface area contributed by atoms with Gasteiger partial charge in [-0.1, -0.05) is 0 Å². The smallest absolute Gasteiger partial charge is 0.272 e. The lowest BCUT2D eigenvalue weighted by Crippen LogP contribution is -2.13. The molecule has 0 aliphatic rings. The van der Waals surface area contributed by atoms with Gasteiger partial charge in [-0.15, -0.1) is 0 Å². The molecular weight excluding hydrogens is 263 g/mol. The fraction of sp³-hybridized carbons (Fsp3) is 0.167. The van der Waals surface area contributed by atoms with Crippen molar-refractivity contribution < 1.29 is 4.39 Å². The number of aryl methyl sites for hydroxylation is 1. The van der Waals surface area contributed by atoms with Gasteiger partial charge in [0.15, 0.2) is 0 Å². The molecule has 0 radical (unpaired) electrons. The Hall–Kier alpha value is -2.77. The molecule has 8 heteroatoms. The molecule has 2 aromatic heterocycles. The number of rotatable bonds is 2. The molecule has 102 valence electrons. The molecule has 0 spiro atoms. The average molecular weight is 274 g/mol. The summed E-state index contributed by atoms with van der Waals surface area (Å²) in [6.07, 6.45) is 0.309. The van der Waals surface area contributed by atoms with E-state index in [9.17, 15) is 9.18 Å². The zero-order valence-corrected chi connectivity index (χ0v) is 10.6. The Morgan fingerprint density at radius 1 is 1.30 bits per heavy atom. The van der Waals surface area contributed by atoms with Crippen LogP contribution in [0.1, 0.15) is 17.3 Å². The van der Waals surface area contributed by atoms with Crippen LogP contribution in [-0.2, 0) is 6.42 Å². The number of nitrogens with two attached hydrogens (primary N) is 1. The van der Waals surface area contributed by atoms with E-state index >= 15 is 0 Å². The first kappa shape index (κ1) is 12.3. The Kier molecular flexibility index (Phi) is 2.70. The number of aromatic amines is 2. The summed E-state index contributed by atoms with van der Waals surface area (Å²) >= 11 is 0. The lowest BCUT2D eigenvalue weighted by Gasteiger charge is -2.06. The molecule has 2 heterocycles. The predicted molar refractivity (Wildman–Crippen MR) is 70.7 cm³/mol. The number of nitrogens with one attached hydrogen (secondary N) is 2. The molecule has 0 aliphatic carbocycles. The topological polar surface area (TPSA) is 113 Å². The lowest BCUT2D eigenvalue weighted by molar-refractivity contribution is 0.630. The number of hydrogen-bond acceptors (Lipinski definition) is 5. The SMILES string of the molecule is Cc1n[nH]c(Cc2n[nH]c(=O)c3cc(F)cc(N)c23)n1. The van der Waals surface area contributed by atoms with Crippen molar-refractivity contribution in [3.63, 3.8) is 0 Å². The molecule has 3 rings (SSSR count). The van der Waals surface area contributed by atoms with Crippen LogP contribution in [0.25, 0.3) is 10.8 Å². The Morgan fingerprint density at radius 2 is 2.10 bits per heavy atom. The highest BCUT2D eigenvalue weighted by molar-refractivity contribution is 5.94. The van der Waals surface area contributed by atoms with E-state index < -0.39 is 11.4 Å². The summed E-state index contributed by atoms with van der Waals surface area (Å²) in [7, 11) is 0. The zero-order chi connectivity index (χ0) is 14.3. The largest absolute Gasteiger partial charge is 0.398 e. The summed E-state index contributed by atoms with van der Waals surface area (Å²) in [5.41, 5.74) is 6.00. The summed E-state index contributed by atoms with van der Waals surface area (Å²) < 4.78 is 13.4. The van der Waals surface area contributed by atoms with Crippen molar-refractivity contribution in [1.29, 1.82) is 0 Å². The highest BCUT2D eigenvalue weighted by Crippen LogP contribution is 2.23. The number of aromatic nitrogens is 5. The first-order chi connectivity index (χ1) is 9.54. The van der Waals surface area contributed by atoms with E-state index in [4.69, 9.17) is 5.73 Å². The van der Waals surface area contributed by atoms with Crippen LogP contribution in [-0.4, -0.2) is 25.4 Å². The van der Waals surface area contributed by atoms with Gasteiger partial charge in [-0.2, -0.15) is 10.2 Å². The Labute approximate surface area is 112 Å². The van der Waals surface area contributed by atoms with E-state index in [0.29, 0.717) is 29.1 Å². The maximum absolute atomic E-state index is 13.4. The summed E-state index contributed by atoms with van der Waals surface area (Å²) in [6, 6.07) is 2.31. The lowest BCUT2D eigenvalue weighted by atomic mass is 10.1. The Bertz CT molecular complexity index is 853. The molecule has 0 amide bonds. The summed E-state index contributed by atoms with van der Waals surface area (Å²) in [5.74, 6) is 0.632. The van der Waals surface area contributed by atoms with E-state index in [1.54, 1.807) is 6.92 Å². The fourth-order valence-corrected chi connectivity index (χ4v) is 2.12. The van der Waals surface area contributed by atoms with Gasteiger partial charge in [-0.3, -0.25) is 9.89 Å². The number of nitrogen functional groups attached to an aromatic ring is 1. The van der Waals surface area contributed by atoms with Gasteiger partial charge in [0, 0.05) is 11.1 Å². The Balaban J connectivity index is 2.21. The van der Waals surface area contributed by atoms with Gasteiger partial charge in [0.1, 0.15) is 17.5 Å². The maximum atomic E-state index is 13.4. The molecule has 0 saturated carbocycles. The quantitative estimate of drug-likeness (QED) is 0.594. The third-order valence-electron chi connectivity index (χ3n) is 2.94. The molecule has 3 aromatic rings. The number of H-pyrrole nitrogens is 2. The first-order valence-corrected chi connectivity index (χ1v) is 5.89. The van der Waals surface area contributed by atoms with Crippen molar-refractivity contribution in [2.24, 2.45) is 0 Å². The van der Waals surface area contributed by atoms with Crippen LogP contribution in [0.4, 0.5) is 10.1 Å². The molecule has 4 N–H and O–H groups in total. The van der Waals surface area contributed by atoms with Gasteiger partial charge in [-0.25, -0.2) is 14.5 Å². The second kappa shape index (κ2) is 4.41. The van der Waals surface area contributed by atoms with Crippen LogP contribution in [0.15, 0.2) is 16.9 Å². The first-order valence-electron chi connectivity index (χ1n) is 5.89. The van der Waals surface area contributed by atoms with Gasteiger partial charge >= 0.3 is 0 Å². The van der Waals surface area contributed by atoms with Crippen molar-refractivity contribution in [2.75, 3.05) is 5.73 Å². The normalized spacial score (nSPS) is 11.1. The molecule has 0 atom stereocenters. The van der Waals surface area contributed by atoms with Crippen LogP contribution in [0, 0.1) is 12.7 Å². The molecular formula is C12H11FN6O. The third kappa shape index (κ3) is 2.00. The second-order valence-electron chi connectivity index (χ2n) is 4.42. The summed E-state index contributed by atoms with van der Waals surface area (Å²) in [6.45, 7) is 1.75. The number of benzene rings is 1. The minimum absolute atomic E-state index is 0.170. The molecule has 0 saturated heterocycles. The van der Waals surface area contributed by atoms with E-state index in [1.807, 2.05) is 0 Å². The van der Waals surface area contributed by atoms with Gasteiger partial charge in [-0.05, 0) is 19.1 Å². The van der Waals surface area contributed by atoms with E-state index in [2.05, 4.69) is 25.4 Å².